The average Bonchev–Trinajstić information content (AvgIpc) is 2.21. The molecular weight excluding hydrogens is 237 g/mol. The van der Waals surface area contributed by atoms with Crippen molar-refractivity contribution in [3.05, 3.63) is 29.1 Å². The van der Waals surface area contributed by atoms with Crippen LogP contribution in [0.4, 0.5) is 14.9 Å². The maximum atomic E-state index is 13.6. The van der Waals surface area contributed by atoms with Crippen LogP contribution < -0.4 is 5.32 Å². The van der Waals surface area contributed by atoms with Crippen LogP contribution in [0.3, 0.4) is 0 Å². The predicted molar refractivity (Wildman–Crippen MR) is 66.4 cm³/mol. The minimum Gasteiger partial charge on any atom is -0.444 e. The lowest BCUT2D eigenvalue weighted by Gasteiger charge is -2.20. The van der Waals surface area contributed by atoms with Gasteiger partial charge in [0.15, 0.2) is 6.29 Å². The lowest BCUT2D eigenvalue weighted by Crippen LogP contribution is -2.27. The summed E-state index contributed by atoms with van der Waals surface area (Å²) in [6.45, 7) is 6.68. The molecule has 5 heteroatoms. The molecule has 0 aliphatic heterocycles. The Morgan fingerprint density at radius 2 is 2.00 bits per heavy atom. The molecule has 0 saturated carbocycles. The van der Waals surface area contributed by atoms with Gasteiger partial charge in [-0.05, 0) is 39.3 Å². The lowest BCUT2D eigenvalue weighted by molar-refractivity contribution is 0.0636. The molecule has 0 atom stereocenters. The van der Waals surface area contributed by atoms with Gasteiger partial charge in [0, 0.05) is 0 Å². The van der Waals surface area contributed by atoms with E-state index in [0.29, 0.717) is 11.8 Å². The number of ether oxygens (including phenoxy) is 1. The molecule has 0 unspecified atom stereocenters. The molecule has 1 rings (SSSR count). The minimum absolute atomic E-state index is 0.0994. The normalized spacial score (nSPS) is 10.9. The molecule has 4 nitrogen and oxygen atoms in total. The highest BCUT2D eigenvalue weighted by atomic mass is 19.1. The third kappa shape index (κ3) is 3.55. The van der Waals surface area contributed by atoms with Crippen LogP contribution in [0.15, 0.2) is 12.1 Å². The average molecular weight is 253 g/mol. The predicted octanol–water partition coefficient (Wildman–Crippen LogP) is 3.29. The highest BCUT2D eigenvalue weighted by molar-refractivity contribution is 5.93. The van der Waals surface area contributed by atoms with Crippen molar-refractivity contribution in [2.45, 2.75) is 33.3 Å². The number of nitrogens with one attached hydrogen (secondary N) is 1. The first-order valence-corrected chi connectivity index (χ1v) is 5.49. The Morgan fingerprint density at radius 3 is 2.50 bits per heavy atom. The summed E-state index contributed by atoms with van der Waals surface area (Å²) in [7, 11) is 0. The minimum atomic E-state index is -0.728. The molecular formula is C13H16FNO3. The summed E-state index contributed by atoms with van der Waals surface area (Å²) in [6.07, 6.45) is -0.358. The van der Waals surface area contributed by atoms with Gasteiger partial charge in [-0.25, -0.2) is 9.18 Å². The van der Waals surface area contributed by atoms with E-state index in [1.165, 1.54) is 12.1 Å². The van der Waals surface area contributed by atoms with Gasteiger partial charge in [0.2, 0.25) is 0 Å². The molecule has 1 aromatic carbocycles. The third-order valence-electron chi connectivity index (χ3n) is 2.13. The van der Waals surface area contributed by atoms with E-state index in [1.54, 1.807) is 27.7 Å². The number of aryl methyl sites for hydroxylation is 1. The van der Waals surface area contributed by atoms with Crippen LogP contribution in [0.2, 0.25) is 0 Å². The summed E-state index contributed by atoms with van der Waals surface area (Å²) < 4.78 is 18.7. The molecule has 0 aromatic heterocycles. The van der Waals surface area contributed by atoms with Crippen LogP contribution in [-0.2, 0) is 4.74 Å². The molecule has 98 valence electrons. The first-order valence-electron chi connectivity index (χ1n) is 5.49. The first-order chi connectivity index (χ1) is 8.24. The summed E-state index contributed by atoms with van der Waals surface area (Å²) in [5.41, 5.74) is -0.399. The molecule has 0 radical (unpaired) electrons. The fraction of sp³-hybridized carbons (Fsp3) is 0.385. The van der Waals surface area contributed by atoms with Crippen molar-refractivity contribution >= 4 is 18.1 Å². The number of amides is 1. The van der Waals surface area contributed by atoms with Crippen LogP contribution >= 0.6 is 0 Å². The molecule has 0 heterocycles. The number of aldehydes is 1. The Kier molecular flexibility index (Phi) is 4.06. The van der Waals surface area contributed by atoms with Crippen LogP contribution in [0.1, 0.15) is 36.7 Å². The number of rotatable bonds is 2. The van der Waals surface area contributed by atoms with Gasteiger partial charge in [-0.15, -0.1) is 0 Å². The van der Waals surface area contributed by atoms with Crippen molar-refractivity contribution in [2.24, 2.45) is 0 Å². The SMILES string of the molecule is Cc1ccc(NC(=O)OC(C)(C)C)c(C=O)c1F. The number of carbonyl (C=O) groups is 2. The number of anilines is 1. The lowest BCUT2D eigenvalue weighted by atomic mass is 10.1. The maximum Gasteiger partial charge on any atom is 0.412 e. The van der Waals surface area contributed by atoms with E-state index in [0.717, 1.165) is 0 Å². The number of hydrogen-bond donors (Lipinski definition) is 1. The number of benzene rings is 1. The Bertz CT molecular complexity index is 478. The number of carbonyl (C=O) groups excluding carboxylic acids is 2. The summed E-state index contributed by atoms with van der Waals surface area (Å²) in [6, 6.07) is 2.95. The van der Waals surface area contributed by atoms with Crippen molar-refractivity contribution in [1.82, 2.24) is 0 Å². The quantitative estimate of drug-likeness (QED) is 0.823. The topological polar surface area (TPSA) is 55.4 Å². The summed E-state index contributed by atoms with van der Waals surface area (Å²) in [5, 5.41) is 2.35. The van der Waals surface area contributed by atoms with E-state index in [2.05, 4.69) is 5.32 Å². The van der Waals surface area contributed by atoms with Gasteiger partial charge in [-0.1, -0.05) is 6.07 Å². The fourth-order valence-corrected chi connectivity index (χ4v) is 1.34. The van der Waals surface area contributed by atoms with E-state index in [9.17, 15) is 14.0 Å². The van der Waals surface area contributed by atoms with Gasteiger partial charge in [-0.2, -0.15) is 0 Å². The molecule has 1 N–H and O–H groups in total. The molecule has 0 bridgehead atoms. The maximum absolute atomic E-state index is 13.6. The smallest absolute Gasteiger partial charge is 0.412 e. The Morgan fingerprint density at radius 1 is 1.39 bits per heavy atom. The van der Waals surface area contributed by atoms with Gasteiger partial charge in [0.1, 0.15) is 11.4 Å². The van der Waals surface area contributed by atoms with E-state index < -0.39 is 17.5 Å². The van der Waals surface area contributed by atoms with Gasteiger partial charge < -0.3 is 4.74 Å². The molecule has 0 spiro atoms. The highest BCUT2D eigenvalue weighted by Crippen LogP contribution is 2.21. The van der Waals surface area contributed by atoms with Crippen molar-refractivity contribution < 1.29 is 18.7 Å². The second kappa shape index (κ2) is 5.16. The number of hydrogen-bond acceptors (Lipinski definition) is 3. The highest BCUT2D eigenvalue weighted by Gasteiger charge is 2.18. The largest absolute Gasteiger partial charge is 0.444 e. The van der Waals surface area contributed by atoms with Crippen molar-refractivity contribution in [1.29, 1.82) is 0 Å². The van der Waals surface area contributed by atoms with Crippen molar-refractivity contribution in [3.63, 3.8) is 0 Å². The molecule has 1 amide bonds. The molecule has 1 aromatic rings. The zero-order chi connectivity index (χ0) is 13.9. The third-order valence-corrected chi connectivity index (χ3v) is 2.13. The van der Waals surface area contributed by atoms with Crippen molar-refractivity contribution in [2.75, 3.05) is 5.32 Å². The van der Waals surface area contributed by atoms with Crippen molar-refractivity contribution in [3.8, 4) is 0 Å². The zero-order valence-corrected chi connectivity index (χ0v) is 10.8. The van der Waals surface area contributed by atoms with Gasteiger partial charge in [-0.3, -0.25) is 10.1 Å². The Balaban J connectivity index is 2.95. The van der Waals surface area contributed by atoms with E-state index in [-0.39, 0.29) is 11.3 Å². The zero-order valence-electron chi connectivity index (χ0n) is 10.8. The Hall–Kier alpha value is -1.91. The van der Waals surface area contributed by atoms with Gasteiger partial charge in [0.25, 0.3) is 0 Å². The standard InChI is InChI=1S/C13H16FNO3/c1-8-5-6-10(9(7-16)11(8)14)15-12(17)18-13(2,3)4/h5-7H,1-4H3,(H,15,17). The molecule has 18 heavy (non-hydrogen) atoms. The summed E-state index contributed by atoms with van der Waals surface area (Å²) in [4.78, 5) is 22.4. The first kappa shape index (κ1) is 14.2. The van der Waals surface area contributed by atoms with E-state index in [1.807, 2.05) is 0 Å². The molecule has 0 fully saturated rings. The monoisotopic (exact) mass is 253 g/mol. The molecule has 0 aliphatic rings. The van der Waals surface area contributed by atoms with Crippen LogP contribution in [-0.4, -0.2) is 18.0 Å². The van der Waals surface area contributed by atoms with Gasteiger partial charge >= 0.3 is 6.09 Å². The van der Waals surface area contributed by atoms with Crippen LogP contribution in [0.5, 0.6) is 0 Å². The summed E-state index contributed by atoms with van der Waals surface area (Å²) >= 11 is 0. The summed E-state index contributed by atoms with van der Waals surface area (Å²) in [5.74, 6) is -0.640. The molecule has 0 saturated heterocycles. The van der Waals surface area contributed by atoms with Crippen LogP contribution in [0, 0.1) is 12.7 Å². The second-order valence-corrected chi connectivity index (χ2v) is 4.90. The van der Waals surface area contributed by atoms with Crippen LogP contribution in [0.25, 0.3) is 0 Å². The van der Waals surface area contributed by atoms with E-state index in [4.69, 9.17) is 4.74 Å². The Labute approximate surface area is 105 Å². The number of halogens is 1. The molecule has 0 aliphatic carbocycles. The fourth-order valence-electron chi connectivity index (χ4n) is 1.34. The second-order valence-electron chi connectivity index (χ2n) is 4.90. The van der Waals surface area contributed by atoms with Gasteiger partial charge in [0.05, 0.1) is 11.3 Å². The van der Waals surface area contributed by atoms with E-state index >= 15 is 0 Å².